The number of rotatable bonds is 4. The van der Waals surface area contributed by atoms with Crippen molar-refractivity contribution < 1.29 is 12.8 Å². The molecule has 0 unspecified atom stereocenters. The Labute approximate surface area is 154 Å². The highest BCUT2D eigenvalue weighted by Gasteiger charge is 2.50. The second kappa shape index (κ2) is 6.44. The van der Waals surface area contributed by atoms with Crippen LogP contribution >= 0.6 is 0 Å². The summed E-state index contributed by atoms with van der Waals surface area (Å²) in [6.07, 6.45) is 2.09. The lowest BCUT2D eigenvalue weighted by Gasteiger charge is -2.39. The van der Waals surface area contributed by atoms with Gasteiger partial charge in [0.2, 0.25) is 10.0 Å². The van der Waals surface area contributed by atoms with Crippen LogP contribution in [0.2, 0.25) is 0 Å². The molecular weight excluding hydrogens is 351 g/mol. The molecule has 26 heavy (non-hydrogen) atoms. The number of hydrogen-bond acceptors (Lipinski definition) is 3. The second-order valence-electron chi connectivity index (χ2n) is 7.24. The third-order valence-corrected chi connectivity index (χ3v) is 7.52. The quantitative estimate of drug-likeness (QED) is 0.826. The molecule has 2 aromatic rings. The van der Waals surface area contributed by atoms with Crippen molar-refractivity contribution in [1.29, 1.82) is 0 Å². The van der Waals surface area contributed by atoms with E-state index in [-0.39, 0.29) is 11.4 Å². The summed E-state index contributed by atoms with van der Waals surface area (Å²) in [6, 6.07) is 13.8. The number of hydrogen-bond donors (Lipinski definition) is 0. The zero-order chi connectivity index (χ0) is 18.4. The summed E-state index contributed by atoms with van der Waals surface area (Å²) in [5.74, 6) is -0.224. The molecule has 0 aromatic heterocycles. The molecule has 0 N–H and O–H groups in total. The first kappa shape index (κ1) is 17.6. The van der Waals surface area contributed by atoms with Crippen LogP contribution in [-0.4, -0.2) is 43.8 Å². The summed E-state index contributed by atoms with van der Waals surface area (Å²) in [5.41, 5.74) is 2.14. The van der Waals surface area contributed by atoms with Gasteiger partial charge in [0.15, 0.2) is 0 Å². The molecule has 0 atom stereocenters. The van der Waals surface area contributed by atoms with Crippen molar-refractivity contribution in [1.82, 2.24) is 9.21 Å². The molecule has 1 saturated carbocycles. The van der Waals surface area contributed by atoms with Crippen LogP contribution < -0.4 is 0 Å². The summed E-state index contributed by atoms with van der Waals surface area (Å²) in [7, 11) is -3.44. The molecule has 0 spiro atoms. The van der Waals surface area contributed by atoms with Crippen LogP contribution in [0.4, 0.5) is 4.39 Å². The van der Waals surface area contributed by atoms with Crippen molar-refractivity contribution in [3.05, 3.63) is 65.5 Å². The van der Waals surface area contributed by atoms with Crippen molar-refractivity contribution in [2.75, 3.05) is 26.2 Å². The molecule has 0 bridgehead atoms. The summed E-state index contributed by atoms with van der Waals surface area (Å²) in [6.45, 7) is 4.31. The standard InChI is InChI=1S/C20H23FN2O2S/c1-16-2-8-19(9-3-16)26(24,25)23-14-12-22(13-15-23)20(10-11-20)17-4-6-18(21)7-5-17/h2-9H,10-15H2,1H3. The number of sulfonamides is 1. The van der Waals surface area contributed by atoms with E-state index < -0.39 is 10.0 Å². The first-order valence-corrected chi connectivity index (χ1v) is 10.4. The third kappa shape index (κ3) is 3.06. The molecule has 4 nitrogen and oxygen atoms in total. The number of aryl methyl sites for hydroxylation is 1. The van der Waals surface area contributed by atoms with Crippen LogP contribution in [0, 0.1) is 12.7 Å². The average molecular weight is 374 g/mol. The van der Waals surface area contributed by atoms with Crippen LogP contribution in [0.15, 0.2) is 53.4 Å². The largest absolute Gasteiger partial charge is 0.291 e. The van der Waals surface area contributed by atoms with Gasteiger partial charge in [-0.3, -0.25) is 4.90 Å². The van der Waals surface area contributed by atoms with Crippen molar-refractivity contribution >= 4 is 10.0 Å². The Morgan fingerprint density at radius 3 is 2.00 bits per heavy atom. The van der Waals surface area contributed by atoms with E-state index >= 15 is 0 Å². The highest BCUT2D eigenvalue weighted by molar-refractivity contribution is 7.89. The Hall–Kier alpha value is -1.76. The summed E-state index contributed by atoms with van der Waals surface area (Å²) < 4.78 is 40.5. The van der Waals surface area contributed by atoms with E-state index in [1.165, 1.54) is 12.1 Å². The summed E-state index contributed by atoms with van der Waals surface area (Å²) in [4.78, 5) is 2.72. The fourth-order valence-corrected chi connectivity index (χ4v) is 5.30. The fraction of sp³-hybridized carbons (Fsp3) is 0.400. The topological polar surface area (TPSA) is 40.6 Å². The van der Waals surface area contributed by atoms with Gasteiger partial charge in [-0.25, -0.2) is 12.8 Å². The summed E-state index contributed by atoms with van der Waals surface area (Å²) in [5, 5.41) is 0. The zero-order valence-electron chi connectivity index (χ0n) is 14.9. The minimum absolute atomic E-state index is 0.0343. The Bertz CT molecular complexity index is 882. The maximum absolute atomic E-state index is 13.2. The first-order valence-electron chi connectivity index (χ1n) is 9.00. The van der Waals surface area contributed by atoms with Gasteiger partial charge in [-0.2, -0.15) is 4.31 Å². The molecule has 2 aromatic carbocycles. The molecule has 4 rings (SSSR count). The first-order chi connectivity index (χ1) is 12.4. The molecule has 1 heterocycles. The minimum atomic E-state index is -3.44. The molecule has 1 aliphatic carbocycles. The van der Waals surface area contributed by atoms with Crippen molar-refractivity contribution in [2.24, 2.45) is 0 Å². The smallest absolute Gasteiger partial charge is 0.243 e. The number of benzene rings is 2. The van der Waals surface area contributed by atoms with E-state index in [9.17, 15) is 12.8 Å². The average Bonchev–Trinajstić information content (AvgIpc) is 3.45. The summed E-state index contributed by atoms with van der Waals surface area (Å²) >= 11 is 0. The van der Waals surface area contributed by atoms with Crippen LogP contribution in [0.1, 0.15) is 24.0 Å². The van der Waals surface area contributed by atoms with Crippen LogP contribution in [0.3, 0.4) is 0 Å². The van der Waals surface area contributed by atoms with Gasteiger partial charge in [-0.1, -0.05) is 29.8 Å². The molecule has 2 fully saturated rings. The Morgan fingerprint density at radius 2 is 1.46 bits per heavy atom. The van der Waals surface area contributed by atoms with Gasteiger partial charge in [0.1, 0.15) is 5.82 Å². The van der Waals surface area contributed by atoms with Gasteiger partial charge in [0, 0.05) is 31.7 Å². The lowest BCUT2D eigenvalue weighted by molar-refractivity contribution is 0.121. The SMILES string of the molecule is Cc1ccc(S(=O)(=O)N2CCN(C3(c4ccc(F)cc4)CC3)CC2)cc1. The van der Waals surface area contributed by atoms with Gasteiger partial charge in [-0.15, -0.1) is 0 Å². The molecule has 2 aliphatic rings. The van der Waals surface area contributed by atoms with Gasteiger partial charge >= 0.3 is 0 Å². The number of nitrogens with zero attached hydrogens (tertiary/aromatic N) is 2. The molecule has 1 saturated heterocycles. The highest BCUT2D eigenvalue weighted by atomic mass is 32.2. The fourth-order valence-electron chi connectivity index (χ4n) is 3.88. The third-order valence-electron chi connectivity index (χ3n) is 5.61. The van der Waals surface area contributed by atoms with E-state index in [4.69, 9.17) is 0 Å². The molecule has 0 radical (unpaired) electrons. The zero-order valence-corrected chi connectivity index (χ0v) is 15.7. The Balaban J connectivity index is 1.47. The van der Waals surface area contributed by atoms with E-state index in [1.54, 1.807) is 16.4 Å². The van der Waals surface area contributed by atoms with Crippen LogP contribution in [0.5, 0.6) is 0 Å². The van der Waals surface area contributed by atoms with Crippen molar-refractivity contribution in [3.63, 3.8) is 0 Å². The number of halogens is 1. The number of piperazine rings is 1. The Kier molecular flexibility index (Phi) is 4.37. The van der Waals surface area contributed by atoms with Gasteiger partial charge < -0.3 is 0 Å². The van der Waals surface area contributed by atoms with Gasteiger partial charge in [0.25, 0.3) is 0 Å². The van der Waals surface area contributed by atoms with Crippen molar-refractivity contribution in [2.45, 2.75) is 30.2 Å². The van der Waals surface area contributed by atoms with Gasteiger partial charge in [0.05, 0.1) is 4.90 Å². The predicted octanol–water partition coefficient (Wildman–Crippen LogP) is 3.13. The van der Waals surface area contributed by atoms with E-state index in [2.05, 4.69) is 4.90 Å². The monoisotopic (exact) mass is 374 g/mol. The normalized spacial score (nSPS) is 20.8. The molecule has 138 valence electrons. The van der Waals surface area contributed by atoms with Gasteiger partial charge in [-0.05, 0) is 49.6 Å². The molecule has 6 heteroatoms. The predicted molar refractivity (Wildman–Crippen MR) is 98.8 cm³/mol. The maximum atomic E-state index is 13.2. The second-order valence-corrected chi connectivity index (χ2v) is 9.18. The van der Waals surface area contributed by atoms with Crippen molar-refractivity contribution in [3.8, 4) is 0 Å². The lowest BCUT2D eigenvalue weighted by Crippen LogP contribution is -2.52. The molecule has 0 amide bonds. The highest BCUT2D eigenvalue weighted by Crippen LogP contribution is 2.51. The Morgan fingerprint density at radius 1 is 0.885 bits per heavy atom. The van der Waals surface area contributed by atoms with E-state index in [1.807, 2.05) is 31.2 Å². The van der Waals surface area contributed by atoms with Crippen LogP contribution in [-0.2, 0) is 15.6 Å². The lowest BCUT2D eigenvalue weighted by atomic mass is 10.0. The molecule has 1 aliphatic heterocycles. The molecular formula is C20H23FN2O2S. The van der Waals surface area contributed by atoms with Crippen LogP contribution in [0.25, 0.3) is 0 Å². The van der Waals surface area contributed by atoms with E-state index in [0.717, 1.165) is 24.0 Å². The minimum Gasteiger partial charge on any atom is -0.291 e. The maximum Gasteiger partial charge on any atom is 0.243 e. The van der Waals surface area contributed by atoms with E-state index in [0.29, 0.717) is 31.1 Å².